The van der Waals surface area contributed by atoms with Gasteiger partial charge in [0, 0.05) is 5.56 Å². The Morgan fingerprint density at radius 3 is 2.42 bits per heavy atom. The zero-order chi connectivity index (χ0) is 17.2. The summed E-state index contributed by atoms with van der Waals surface area (Å²) >= 11 is 0. The fraction of sp³-hybridized carbons (Fsp3) is 0.125. The maximum atomic E-state index is 12.9. The first-order valence-corrected chi connectivity index (χ1v) is 8.61. The summed E-state index contributed by atoms with van der Waals surface area (Å²) < 4.78 is 45.0. The molecule has 124 valence electrons. The van der Waals surface area contributed by atoms with Gasteiger partial charge in [-0.3, -0.25) is 0 Å². The lowest BCUT2D eigenvalue weighted by molar-refractivity contribution is 0.354. The van der Waals surface area contributed by atoms with E-state index in [1.165, 1.54) is 12.1 Å². The fourth-order valence-electron chi connectivity index (χ4n) is 2.08. The number of hydrogen-bond donors (Lipinski definition) is 1. The number of rotatable bonds is 5. The molecule has 1 N–H and O–H groups in total. The minimum Gasteiger partial charge on any atom is -0.337 e. The fourth-order valence-corrected chi connectivity index (χ4v) is 3.28. The molecule has 6 nitrogen and oxygen atoms in total. The smallest absolute Gasteiger partial charge is 0.244 e. The van der Waals surface area contributed by atoms with Crippen LogP contribution in [-0.2, 0) is 10.0 Å². The number of nitrogens with one attached hydrogen (secondary N) is 1. The first-order chi connectivity index (χ1) is 11.5. The Bertz CT molecular complexity index is 925. The summed E-state index contributed by atoms with van der Waals surface area (Å²) in [6.45, 7) is 1.59. The number of nitrogens with zero attached hydrogens (tertiary/aromatic N) is 2. The summed E-state index contributed by atoms with van der Waals surface area (Å²) in [5, 5.41) is 3.85. The molecule has 0 aliphatic rings. The van der Waals surface area contributed by atoms with E-state index in [0.29, 0.717) is 5.82 Å². The molecule has 1 aromatic heterocycles. The van der Waals surface area contributed by atoms with E-state index < -0.39 is 21.9 Å². The van der Waals surface area contributed by atoms with Crippen molar-refractivity contribution in [1.82, 2.24) is 14.9 Å². The third kappa shape index (κ3) is 3.50. The molecule has 0 fully saturated rings. The quantitative estimate of drug-likeness (QED) is 0.767. The number of benzene rings is 2. The molecule has 3 rings (SSSR count). The first kappa shape index (κ1) is 16.3. The van der Waals surface area contributed by atoms with Gasteiger partial charge in [0.1, 0.15) is 5.82 Å². The average Bonchev–Trinajstić information content (AvgIpc) is 3.06. The van der Waals surface area contributed by atoms with Crippen LogP contribution >= 0.6 is 0 Å². The summed E-state index contributed by atoms with van der Waals surface area (Å²) in [6.07, 6.45) is 0. The molecule has 0 aliphatic carbocycles. The van der Waals surface area contributed by atoms with Crippen molar-refractivity contribution in [3.8, 4) is 11.4 Å². The van der Waals surface area contributed by atoms with Gasteiger partial charge in [-0.1, -0.05) is 35.5 Å². The van der Waals surface area contributed by atoms with Crippen LogP contribution in [0.1, 0.15) is 18.9 Å². The highest BCUT2D eigenvalue weighted by Gasteiger charge is 2.22. The van der Waals surface area contributed by atoms with Crippen molar-refractivity contribution in [2.45, 2.75) is 17.9 Å². The van der Waals surface area contributed by atoms with Gasteiger partial charge in [-0.15, -0.1) is 0 Å². The second kappa shape index (κ2) is 6.50. The third-order valence-electron chi connectivity index (χ3n) is 3.30. The van der Waals surface area contributed by atoms with E-state index in [1.807, 2.05) is 30.3 Å². The lowest BCUT2D eigenvalue weighted by Gasteiger charge is -2.10. The van der Waals surface area contributed by atoms with Crippen LogP contribution in [0.5, 0.6) is 0 Å². The van der Waals surface area contributed by atoms with Crippen LogP contribution < -0.4 is 4.72 Å². The van der Waals surface area contributed by atoms with E-state index in [0.717, 1.165) is 17.7 Å². The molecular formula is C16H14FN3O3S. The van der Waals surface area contributed by atoms with E-state index in [9.17, 15) is 12.8 Å². The zero-order valence-electron chi connectivity index (χ0n) is 12.7. The number of aromatic nitrogens is 2. The number of halogens is 1. The summed E-state index contributed by atoms with van der Waals surface area (Å²) in [5.41, 5.74) is 0.765. The Kier molecular flexibility index (Phi) is 4.41. The van der Waals surface area contributed by atoms with Crippen molar-refractivity contribution in [2.24, 2.45) is 0 Å². The Hall–Kier alpha value is -2.58. The van der Waals surface area contributed by atoms with Crippen molar-refractivity contribution < 1.29 is 17.3 Å². The summed E-state index contributed by atoms with van der Waals surface area (Å²) in [5.74, 6) is 0.00405. The Labute approximate surface area is 138 Å². The molecule has 1 heterocycles. The first-order valence-electron chi connectivity index (χ1n) is 7.12. The van der Waals surface area contributed by atoms with Gasteiger partial charge in [0.15, 0.2) is 0 Å². The van der Waals surface area contributed by atoms with Crippen molar-refractivity contribution in [2.75, 3.05) is 0 Å². The largest absolute Gasteiger partial charge is 0.337 e. The molecule has 0 unspecified atom stereocenters. The molecule has 3 aromatic rings. The van der Waals surface area contributed by atoms with Gasteiger partial charge < -0.3 is 4.52 Å². The van der Waals surface area contributed by atoms with E-state index in [4.69, 9.17) is 4.52 Å². The standard InChI is InChI=1S/C16H14FN3O3S/c1-11(20-24(21,22)14-9-7-13(17)8-10-14)16-18-15(19-23-16)12-5-3-2-4-6-12/h2-11,20H,1H3/t11-/m0/s1. The molecule has 0 bridgehead atoms. The van der Waals surface area contributed by atoms with Gasteiger partial charge in [-0.05, 0) is 31.2 Å². The molecule has 0 saturated heterocycles. The highest BCUT2D eigenvalue weighted by Crippen LogP contribution is 2.20. The molecule has 0 saturated carbocycles. The number of sulfonamides is 1. The van der Waals surface area contributed by atoms with Crippen molar-refractivity contribution in [3.63, 3.8) is 0 Å². The predicted octanol–water partition coefficient (Wildman–Crippen LogP) is 2.92. The minimum absolute atomic E-state index is 0.0430. The van der Waals surface area contributed by atoms with E-state index in [1.54, 1.807) is 6.92 Å². The van der Waals surface area contributed by atoms with Gasteiger partial charge >= 0.3 is 0 Å². The zero-order valence-corrected chi connectivity index (χ0v) is 13.5. The van der Waals surface area contributed by atoms with Crippen LogP contribution in [-0.4, -0.2) is 18.6 Å². The summed E-state index contributed by atoms with van der Waals surface area (Å²) in [6, 6.07) is 13.0. The molecule has 24 heavy (non-hydrogen) atoms. The van der Waals surface area contributed by atoms with E-state index in [2.05, 4.69) is 14.9 Å². The van der Waals surface area contributed by atoms with Crippen LogP contribution in [0.25, 0.3) is 11.4 Å². The van der Waals surface area contributed by atoms with Crippen LogP contribution in [0.15, 0.2) is 64.0 Å². The van der Waals surface area contributed by atoms with Gasteiger partial charge in [0.25, 0.3) is 0 Å². The Balaban J connectivity index is 1.79. The molecule has 8 heteroatoms. The monoisotopic (exact) mass is 347 g/mol. The van der Waals surface area contributed by atoms with Crippen LogP contribution in [0.4, 0.5) is 4.39 Å². The number of hydrogen-bond acceptors (Lipinski definition) is 5. The second-order valence-electron chi connectivity index (χ2n) is 5.12. The van der Waals surface area contributed by atoms with E-state index >= 15 is 0 Å². The van der Waals surface area contributed by atoms with Gasteiger partial charge in [-0.2, -0.15) is 9.71 Å². The van der Waals surface area contributed by atoms with E-state index in [-0.39, 0.29) is 10.8 Å². The maximum absolute atomic E-state index is 12.9. The molecule has 0 radical (unpaired) electrons. The van der Waals surface area contributed by atoms with Gasteiger partial charge in [0.2, 0.25) is 21.7 Å². The van der Waals surface area contributed by atoms with Crippen LogP contribution in [0, 0.1) is 5.82 Å². The topological polar surface area (TPSA) is 85.1 Å². The normalized spacial score (nSPS) is 12.9. The molecule has 1 atom stereocenters. The summed E-state index contributed by atoms with van der Waals surface area (Å²) in [7, 11) is -3.82. The van der Waals surface area contributed by atoms with Crippen LogP contribution in [0.3, 0.4) is 0 Å². The van der Waals surface area contributed by atoms with Crippen molar-refractivity contribution in [3.05, 3.63) is 66.3 Å². The highest BCUT2D eigenvalue weighted by molar-refractivity contribution is 7.89. The van der Waals surface area contributed by atoms with Gasteiger partial charge in [0.05, 0.1) is 10.9 Å². The molecule has 0 aliphatic heterocycles. The highest BCUT2D eigenvalue weighted by atomic mass is 32.2. The molecule has 0 spiro atoms. The summed E-state index contributed by atoms with van der Waals surface area (Å²) in [4.78, 5) is 4.16. The molecule has 0 amide bonds. The maximum Gasteiger partial charge on any atom is 0.244 e. The SMILES string of the molecule is C[C@H](NS(=O)(=O)c1ccc(F)cc1)c1nc(-c2ccccc2)no1. The second-order valence-corrected chi connectivity index (χ2v) is 6.83. The Morgan fingerprint density at radius 2 is 1.75 bits per heavy atom. The average molecular weight is 347 g/mol. The van der Waals surface area contributed by atoms with Crippen molar-refractivity contribution >= 4 is 10.0 Å². The molecular weight excluding hydrogens is 333 g/mol. The van der Waals surface area contributed by atoms with Crippen molar-refractivity contribution in [1.29, 1.82) is 0 Å². The van der Waals surface area contributed by atoms with Crippen LogP contribution in [0.2, 0.25) is 0 Å². The predicted molar refractivity (Wildman–Crippen MR) is 84.9 cm³/mol. The lowest BCUT2D eigenvalue weighted by Crippen LogP contribution is -2.27. The third-order valence-corrected chi connectivity index (χ3v) is 4.86. The van der Waals surface area contributed by atoms with Gasteiger partial charge in [-0.25, -0.2) is 12.8 Å². The lowest BCUT2D eigenvalue weighted by atomic mass is 10.2. The molecule has 2 aromatic carbocycles. The Morgan fingerprint density at radius 1 is 1.08 bits per heavy atom. The minimum atomic E-state index is -3.82.